The molecule has 2 aromatic carbocycles. The second-order valence-corrected chi connectivity index (χ2v) is 6.73. The smallest absolute Gasteiger partial charge is 0.247 e. The van der Waals surface area contributed by atoms with Gasteiger partial charge in [0.2, 0.25) is 17.5 Å². The summed E-state index contributed by atoms with van der Waals surface area (Å²) in [5.41, 5.74) is 3.05. The van der Waals surface area contributed by atoms with Crippen molar-refractivity contribution in [2.45, 2.75) is 32.4 Å². The lowest BCUT2D eigenvalue weighted by Gasteiger charge is -2.22. The molecule has 3 rings (SSSR count). The number of benzene rings is 2. The number of rotatable bonds is 6. The number of hydrogen-bond acceptors (Lipinski definition) is 5. The van der Waals surface area contributed by atoms with Crippen LogP contribution >= 0.6 is 11.6 Å². The van der Waals surface area contributed by atoms with Crippen LogP contribution < -0.4 is 5.32 Å². The summed E-state index contributed by atoms with van der Waals surface area (Å²) in [6, 6.07) is 9.53. The number of aliphatic hydroxyl groups is 1. The number of nitrogens with zero attached hydrogens (tertiary/aromatic N) is 4. The van der Waals surface area contributed by atoms with E-state index < -0.39 is 12.1 Å². The third kappa shape index (κ3) is 4.22. The van der Waals surface area contributed by atoms with Crippen LogP contribution in [0.3, 0.4) is 0 Å². The molecule has 3 aromatic rings. The van der Waals surface area contributed by atoms with Crippen molar-refractivity contribution in [3.8, 4) is 11.5 Å². The summed E-state index contributed by atoms with van der Waals surface area (Å²) in [7, 11) is 0. The number of aromatic nitrogens is 2. The fraction of sp³-hybridized carbons (Fsp3) is 0.238. The van der Waals surface area contributed by atoms with Crippen molar-refractivity contribution in [2.75, 3.05) is 5.32 Å². The Kier molecular flexibility index (Phi) is 6.13. The largest absolute Gasteiger partial charge is 0.418 e. The highest BCUT2D eigenvalue weighted by Gasteiger charge is 2.25. The van der Waals surface area contributed by atoms with Crippen LogP contribution in [0.25, 0.3) is 21.1 Å². The van der Waals surface area contributed by atoms with E-state index in [1.165, 1.54) is 0 Å². The number of aliphatic hydroxyl groups excluding tert-OH is 1. The predicted molar refractivity (Wildman–Crippen MR) is 111 cm³/mol. The number of nitrogens with one attached hydrogen (secondary N) is 1. The third-order valence-corrected chi connectivity index (χ3v) is 4.86. The lowest BCUT2D eigenvalue weighted by atomic mass is 10.1. The van der Waals surface area contributed by atoms with Gasteiger partial charge < -0.3 is 14.8 Å². The summed E-state index contributed by atoms with van der Waals surface area (Å²) in [5, 5.41) is 22.1. The Balaban J connectivity index is 1.92. The number of anilines is 1. The van der Waals surface area contributed by atoms with Crippen LogP contribution in [0, 0.1) is 13.1 Å². The lowest BCUT2D eigenvalue weighted by Crippen LogP contribution is -2.24. The van der Waals surface area contributed by atoms with E-state index >= 15 is 0 Å². The van der Waals surface area contributed by atoms with Gasteiger partial charge in [-0.15, -0.1) is 10.2 Å². The first kappa shape index (κ1) is 20.3. The average molecular weight is 408 g/mol. The Bertz CT molecular complexity index is 1090. The zero-order valence-corrected chi connectivity index (χ0v) is 16.6. The molecule has 0 aliphatic heterocycles. The van der Waals surface area contributed by atoms with Gasteiger partial charge in [-0.2, -0.15) is 0 Å². The van der Waals surface area contributed by atoms with Crippen molar-refractivity contribution in [3.63, 3.8) is 0 Å². The van der Waals surface area contributed by atoms with E-state index in [1.54, 1.807) is 43.3 Å². The first-order chi connectivity index (χ1) is 14.0. The zero-order valence-electron chi connectivity index (χ0n) is 15.8. The molecular formula is C21H18ClN5O2. The molecule has 2 atom stereocenters. The summed E-state index contributed by atoms with van der Waals surface area (Å²) in [4.78, 5) is 6.78. The molecule has 0 unspecified atom stereocenters. The molecule has 1 aromatic heterocycles. The maximum Gasteiger partial charge on any atom is 0.247 e. The highest BCUT2D eigenvalue weighted by Crippen LogP contribution is 2.36. The van der Waals surface area contributed by atoms with Gasteiger partial charge in [-0.05, 0) is 25.0 Å². The van der Waals surface area contributed by atoms with E-state index in [4.69, 9.17) is 29.2 Å². The number of hydrogen-bond donors (Lipinski definition) is 2. The Hall–Kier alpha value is -3.39. The Labute approximate surface area is 173 Å². The van der Waals surface area contributed by atoms with Crippen LogP contribution in [-0.2, 0) is 6.42 Å². The molecule has 0 aliphatic carbocycles. The minimum atomic E-state index is -0.836. The highest BCUT2D eigenvalue weighted by atomic mass is 35.5. The summed E-state index contributed by atoms with van der Waals surface area (Å²) in [6.45, 7) is 17.8. The van der Waals surface area contributed by atoms with Crippen molar-refractivity contribution in [2.24, 2.45) is 0 Å². The van der Waals surface area contributed by atoms with E-state index in [0.29, 0.717) is 40.0 Å². The second kappa shape index (κ2) is 8.74. The first-order valence-electron chi connectivity index (χ1n) is 8.93. The minimum absolute atomic E-state index is 0.219. The SMILES string of the molecule is [C-]#[N+]c1ccc(-c2nnc([C@H](Nc3ccc([N+]#[C-])c(Cl)c3CC)[C@H](C)O)o2)cc1. The van der Waals surface area contributed by atoms with Gasteiger partial charge in [0.05, 0.1) is 24.3 Å². The van der Waals surface area contributed by atoms with Crippen molar-refractivity contribution in [1.82, 2.24) is 10.2 Å². The van der Waals surface area contributed by atoms with Gasteiger partial charge in [-0.25, -0.2) is 9.69 Å². The molecule has 29 heavy (non-hydrogen) atoms. The summed E-state index contributed by atoms with van der Waals surface area (Å²) in [6.07, 6.45) is -0.226. The van der Waals surface area contributed by atoms with Gasteiger partial charge in [0.25, 0.3) is 0 Å². The van der Waals surface area contributed by atoms with Crippen molar-refractivity contribution < 1.29 is 9.52 Å². The van der Waals surface area contributed by atoms with Gasteiger partial charge in [0, 0.05) is 11.3 Å². The molecule has 1 heterocycles. The molecule has 146 valence electrons. The summed E-state index contributed by atoms with van der Waals surface area (Å²) >= 11 is 6.34. The third-order valence-electron chi connectivity index (χ3n) is 4.44. The maximum absolute atomic E-state index is 10.3. The maximum atomic E-state index is 10.3. The Morgan fingerprint density at radius 3 is 2.45 bits per heavy atom. The van der Waals surface area contributed by atoms with Crippen molar-refractivity contribution in [1.29, 1.82) is 0 Å². The first-order valence-corrected chi connectivity index (χ1v) is 9.31. The molecule has 0 bridgehead atoms. The molecule has 7 nitrogen and oxygen atoms in total. The van der Waals surface area contributed by atoms with Gasteiger partial charge in [-0.1, -0.05) is 48.9 Å². The van der Waals surface area contributed by atoms with Gasteiger partial charge in [-0.3, -0.25) is 0 Å². The molecule has 2 N–H and O–H groups in total. The molecule has 0 spiro atoms. The molecule has 8 heteroatoms. The summed E-state index contributed by atoms with van der Waals surface area (Å²) in [5.74, 6) is 0.512. The Morgan fingerprint density at radius 2 is 1.86 bits per heavy atom. The topological polar surface area (TPSA) is 79.9 Å². The molecule has 0 aliphatic rings. The summed E-state index contributed by atoms with van der Waals surface area (Å²) < 4.78 is 5.78. The van der Waals surface area contributed by atoms with E-state index in [1.807, 2.05) is 6.92 Å². The van der Waals surface area contributed by atoms with E-state index in [9.17, 15) is 5.11 Å². The highest BCUT2D eigenvalue weighted by molar-refractivity contribution is 6.34. The van der Waals surface area contributed by atoms with Crippen LogP contribution in [0.15, 0.2) is 40.8 Å². The molecule has 0 radical (unpaired) electrons. The van der Waals surface area contributed by atoms with Crippen molar-refractivity contribution >= 4 is 28.7 Å². The minimum Gasteiger partial charge on any atom is -0.418 e. The predicted octanol–water partition coefficient (Wildman–Crippen LogP) is 5.59. The van der Waals surface area contributed by atoms with Crippen LogP contribution in [0.1, 0.15) is 31.3 Å². The van der Waals surface area contributed by atoms with Crippen LogP contribution in [0.5, 0.6) is 0 Å². The normalized spacial score (nSPS) is 12.6. The second-order valence-electron chi connectivity index (χ2n) is 6.36. The molecule has 0 saturated heterocycles. The quantitative estimate of drug-likeness (QED) is 0.521. The average Bonchev–Trinajstić information content (AvgIpc) is 3.21. The van der Waals surface area contributed by atoms with E-state index in [0.717, 1.165) is 5.56 Å². The van der Waals surface area contributed by atoms with Gasteiger partial charge in [0.15, 0.2) is 5.69 Å². The van der Waals surface area contributed by atoms with Gasteiger partial charge in [0.1, 0.15) is 6.04 Å². The number of halogens is 1. The van der Waals surface area contributed by atoms with Crippen molar-refractivity contribution in [3.05, 3.63) is 75.7 Å². The molecule has 0 amide bonds. The monoisotopic (exact) mass is 407 g/mol. The van der Waals surface area contributed by atoms with Gasteiger partial charge >= 0.3 is 0 Å². The fourth-order valence-electron chi connectivity index (χ4n) is 2.89. The lowest BCUT2D eigenvalue weighted by molar-refractivity contribution is 0.159. The standard InChI is InChI=1S/C21H18ClN5O2/c1-5-15-16(10-11-17(24-4)18(15)22)25-19(12(2)28)21-27-26-20(29-21)13-6-8-14(23-3)9-7-13/h6-12,19,25,28H,5H2,1-2H3/t12-,19+/m0/s1. The van der Waals surface area contributed by atoms with Crippen LogP contribution in [0.2, 0.25) is 5.02 Å². The zero-order chi connectivity index (χ0) is 21.0. The molecule has 0 saturated carbocycles. The van der Waals surface area contributed by atoms with E-state index in [-0.39, 0.29) is 5.89 Å². The van der Waals surface area contributed by atoms with Crippen LogP contribution in [-0.4, -0.2) is 21.4 Å². The fourth-order valence-corrected chi connectivity index (χ4v) is 3.23. The Morgan fingerprint density at radius 1 is 1.14 bits per heavy atom. The van der Waals surface area contributed by atoms with Crippen LogP contribution in [0.4, 0.5) is 17.1 Å². The van der Waals surface area contributed by atoms with E-state index in [2.05, 4.69) is 25.2 Å². The molecular weight excluding hydrogens is 390 g/mol. The molecule has 0 fully saturated rings.